The van der Waals surface area contributed by atoms with E-state index >= 15 is 0 Å². The fourth-order valence-electron chi connectivity index (χ4n) is 2.36. The van der Waals surface area contributed by atoms with Crippen molar-refractivity contribution in [2.75, 3.05) is 13.2 Å². The average molecular weight is 333 g/mol. The van der Waals surface area contributed by atoms with E-state index in [0.717, 1.165) is 19.4 Å². The van der Waals surface area contributed by atoms with Crippen molar-refractivity contribution in [1.29, 1.82) is 0 Å². The third-order valence-corrected chi connectivity index (χ3v) is 3.43. The third-order valence-electron chi connectivity index (χ3n) is 3.43. The van der Waals surface area contributed by atoms with Crippen molar-refractivity contribution in [1.82, 2.24) is 0 Å². The molecule has 0 saturated carbocycles. The van der Waals surface area contributed by atoms with E-state index in [1.807, 2.05) is 27.7 Å². The molecule has 2 aromatic carbocycles. The van der Waals surface area contributed by atoms with Crippen LogP contribution in [-0.4, -0.2) is 24.4 Å². The molecule has 1 unspecified atom stereocenters. The number of hydrogen-bond acceptors (Lipinski definition) is 2. The molecule has 0 saturated heterocycles. The number of rotatable bonds is 8. The van der Waals surface area contributed by atoms with Gasteiger partial charge in [-0.3, -0.25) is 0 Å². The fraction of sp³-hybridized carbons (Fsp3) is 0.545. The van der Waals surface area contributed by atoms with Crippen LogP contribution in [0.2, 0.25) is 0 Å². The van der Waals surface area contributed by atoms with Crippen LogP contribution >= 0.6 is 0 Å². The lowest BCUT2D eigenvalue weighted by atomic mass is 10.0. The van der Waals surface area contributed by atoms with E-state index in [1.54, 1.807) is 6.92 Å². The fourth-order valence-corrected chi connectivity index (χ4v) is 2.36. The van der Waals surface area contributed by atoms with Gasteiger partial charge in [0.2, 0.25) is 0 Å². The minimum absolute atomic E-state index is 0.354. The van der Waals surface area contributed by atoms with Crippen molar-refractivity contribution >= 4 is 10.8 Å². The van der Waals surface area contributed by atoms with Crippen LogP contribution in [0.25, 0.3) is 10.8 Å². The van der Waals surface area contributed by atoms with Crippen molar-refractivity contribution < 1.29 is 9.84 Å². The maximum absolute atomic E-state index is 9.07. The highest BCUT2D eigenvalue weighted by Gasteiger charge is 1.98. The number of aryl methyl sites for hydroxylation is 1. The summed E-state index contributed by atoms with van der Waals surface area (Å²) in [7, 11) is 0. The molecule has 2 aromatic rings. The molecule has 0 radical (unpaired) electrons. The Morgan fingerprint density at radius 3 is 2.21 bits per heavy atom. The normalized spacial score (nSPS) is 11.1. The van der Waals surface area contributed by atoms with Crippen molar-refractivity contribution in [2.24, 2.45) is 0 Å². The second kappa shape index (κ2) is 15.2. The lowest BCUT2D eigenvalue weighted by Crippen LogP contribution is -2.10. The quantitative estimate of drug-likeness (QED) is 0.600. The van der Waals surface area contributed by atoms with Crippen LogP contribution < -0.4 is 0 Å². The Labute approximate surface area is 148 Å². The maximum atomic E-state index is 9.07. The summed E-state index contributed by atoms with van der Waals surface area (Å²) in [5.74, 6) is 0. The smallest absolute Gasteiger partial charge is 0.0745 e. The lowest BCUT2D eigenvalue weighted by Gasteiger charge is -2.06. The zero-order valence-corrected chi connectivity index (χ0v) is 16.2. The molecule has 1 atom stereocenters. The van der Waals surface area contributed by atoms with Gasteiger partial charge in [0.05, 0.1) is 12.7 Å². The van der Waals surface area contributed by atoms with Crippen LogP contribution in [0.5, 0.6) is 0 Å². The summed E-state index contributed by atoms with van der Waals surface area (Å²) < 4.78 is 5.36. The van der Waals surface area contributed by atoms with E-state index < -0.39 is 0 Å². The number of fused-ring (bicyclic) bond motifs is 1. The molecule has 0 aliphatic heterocycles. The highest BCUT2D eigenvalue weighted by molar-refractivity contribution is 5.82. The number of aliphatic hydroxyl groups is 1. The molecular formula is C22H36O2. The molecule has 2 heteroatoms. The second-order valence-corrected chi connectivity index (χ2v) is 5.42. The van der Waals surface area contributed by atoms with Crippen LogP contribution in [0, 0.1) is 0 Å². The standard InChI is InChI=1S/C18H24O2.2C2H6/c1-15(19)14-20-12-6-2-3-7-16-10-11-17-8-4-5-9-18(17)13-16;2*1-2/h4-5,8-11,13,15,19H,2-3,6-7,12,14H2,1H3;2*1-2H3. The Morgan fingerprint density at radius 1 is 0.875 bits per heavy atom. The Hall–Kier alpha value is -1.38. The first-order chi connectivity index (χ1) is 11.8. The van der Waals surface area contributed by atoms with E-state index in [9.17, 15) is 0 Å². The predicted molar refractivity (Wildman–Crippen MR) is 107 cm³/mol. The molecule has 0 heterocycles. The van der Waals surface area contributed by atoms with Gasteiger partial charge in [-0.05, 0) is 42.5 Å². The minimum Gasteiger partial charge on any atom is -0.391 e. The van der Waals surface area contributed by atoms with E-state index in [-0.39, 0.29) is 6.10 Å². The Balaban J connectivity index is 0.00000123. The summed E-state index contributed by atoms with van der Waals surface area (Å²) in [6.45, 7) is 11.0. The number of aliphatic hydroxyl groups excluding tert-OH is 1. The zero-order chi connectivity index (χ0) is 18.2. The second-order valence-electron chi connectivity index (χ2n) is 5.42. The Bertz CT molecular complexity index is 520. The van der Waals surface area contributed by atoms with Crippen LogP contribution in [0.1, 0.15) is 59.4 Å². The first-order valence-corrected chi connectivity index (χ1v) is 9.49. The highest BCUT2D eigenvalue weighted by Crippen LogP contribution is 2.17. The maximum Gasteiger partial charge on any atom is 0.0745 e. The summed E-state index contributed by atoms with van der Waals surface area (Å²) in [5, 5.41) is 11.7. The van der Waals surface area contributed by atoms with Gasteiger partial charge in [0, 0.05) is 6.61 Å². The van der Waals surface area contributed by atoms with Gasteiger partial charge in [0.1, 0.15) is 0 Å². The molecular weight excluding hydrogens is 296 g/mol. The molecule has 0 amide bonds. The molecule has 136 valence electrons. The summed E-state index contributed by atoms with van der Waals surface area (Å²) in [6, 6.07) is 15.2. The largest absolute Gasteiger partial charge is 0.391 e. The molecule has 24 heavy (non-hydrogen) atoms. The first-order valence-electron chi connectivity index (χ1n) is 9.49. The molecule has 1 N–H and O–H groups in total. The zero-order valence-electron chi connectivity index (χ0n) is 16.2. The van der Waals surface area contributed by atoms with Crippen LogP contribution in [0.4, 0.5) is 0 Å². The number of benzene rings is 2. The van der Waals surface area contributed by atoms with E-state index in [2.05, 4.69) is 42.5 Å². The van der Waals surface area contributed by atoms with Crippen LogP contribution in [0.3, 0.4) is 0 Å². The third kappa shape index (κ3) is 9.69. The first kappa shape index (κ1) is 22.6. The minimum atomic E-state index is -0.354. The summed E-state index contributed by atoms with van der Waals surface area (Å²) >= 11 is 0. The molecule has 0 fully saturated rings. The molecule has 0 aliphatic carbocycles. The number of unbranched alkanes of at least 4 members (excludes halogenated alkanes) is 2. The SMILES string of the molecule is CC.CC.CC(O)COCCCCCc1ccc2ccccc2c1. The Kier molecular flexibility index (Phi) is 14.3. The van der Waals surface area contributed by atoms with E-state index in [4.69, 9.17) is 9.84 Å². The van der Waals surface area contributed by atoms with Gasteiger partial charge in [0.15, 0.2) is 0 Å². The topological polar surface area (TPSA) is 29.5 Å². The van der Waals surface area contributed by atoms with Crippen molar-refractivity contribution in [3.63, 3.8) is 0 Å². The van der Waals surface area contributed by atoms with E-state index in [0.29, 0.717) is 6.61 Å². The molecule has 0 bridgehead atoms. The van der Waals surface area contributed by atoms with Crippen LogP contribution in [0.15, 0.2) is 42.5 Å². The summed E-state index contributed by atoms with van der Waals surface area (Å²) in [4.78, 5) is 0. The van der Waals surface area contributed by atoms with Gasteiger partial charge >= 0.3 is 0 Å². The van der Waals surface area contributed by atoms with E-state index in [1.165, 1.54) is 29.2 Å². The molecule has 0 aromatic heterocycles. The summed E-state index contributed by atoms with van der Waals surface area (Å²) in [6.07, 6.45) is 4.21. The van der Waals surface area contributed by atoms with Gasteiger partial charge in [0.25, 0.3) is 0 Å². The molecule has 2 nitrogen and oxygen atoms in total. The predicted octanol–water partition coefficient (Wildman–Crippen LogP) is 6.00. The van der Waals surface area contributed by atoms with Gasteiger partial charge in [-0.15, -0.1) is 0 Å². The van der Waals surface area contributed by atoms with Gasteiger partial charge in [-0.2, -0.15) is 0 Å². The molecule has 0 aliphatic rings. The van der Waals surface area contributed by atoms with Gasteiger partial charge in [-0.25, -0.2) is 0 Å². The number of ether oxygens (including phenoxy) is 1. The molecule has 2 rings (SSSR count). The van der Waals surface area contributed by atoms with Crippen molar-refractivity contribution in [3.8, 4) is 0 Å². The molecule has 0 spiro atoms. The Morgan fingerprint density at radius 2 is 1.54 bits per heavy atom. The van der Waals surface area contributed by atoms with Crippen molar-refractivity contribution in [3.05, 3.63) is 48.0 Å². The monoisotopic (exact) mass is 332 g/mol. The van der Waals surface area contributed by atoms with Gasteiger partial charge < -0.3 is 9.84 Å². The average Bonchev–Trinajstić information content (AvgIpc) is 2.64. The van der Waals surface area contributed by atoms with Crippen LogP contribution in [-0.2, 0) is 11.2 Å². The van der Waals surface area contributed by atoms with Gasteiger partial charge in [-0.1, -0.05) is 76.6 Å². The highest BCUT2D eigenvalue weighted by atomic mass is 16.5. The number of hydrogen-bond donors (Lipinski definition) is 1. The summed E-state index contributed by atoms with van der Waals surface area (Å²) in [5.41, 5.74) is 1.41. The lowest BCUT2D eigenvalue weighted by molar-refractivity contribution is 0.0445. The van der Waals surface area contributed by atoms with Crippen molar-refractivity contribution in [2.45, 2.75) is 66.4 Å².